The summed E-state index contributed by atoms with van der Waals surface area (Å²) in [5.74, 6) is -0.696. The van der Waals surface area contributed by atoms with E-state index in [-0.39, 0.29) is 23.6 Å². The van der Waals surface area contributed by atoms with Crippen LogP contribution >= 0.6 is 15.9 Å². The van der Waals surface area contributed by atoms with Gasteiger partial charge in [-0.2, -0.15) is 0 Å². The molecule has 0 N–H and O–H groups in total. The Labute approximate surface area is 126 Å². The minimum absolute atomic E-state index is 0.0940. The first-order valence-corrected chi connectivity index (χ1v) is 7.84. The lowest BCUT2D eigenvalue weighted by Crippen LogP contribution is -2.55. The van der Waals surface area contributed by atoms with Crippen LogP contribution in [0.15, 0.2) is 22.7 Å². The summed E-state index contributed by atoms with van der Waals surface area (Å²) in [6, 6.07) is 4.72. The fourth-order valence-corrected chi connectivity index (χ4v) is 3.71. The van der Waals surface area contributed by atoms with Crippen LogP contribution in [0, 0.1) is 5.82 Å². The van der Waals surface area contributed by atoms with E-state index in [0.717, 1.165) is 25.7 Å². The minimum atomic E-state index is -0.469. The van der Waals surface area contributed by atoms with Crippen molar-refractivity contribution in [3.05, 3.63) is 34.1 Å². The highest BCUT2D eigenvalue weighted by atomic mass is 79.9. The Hall–Kier alpha value is -0.940. The van der Waals surface area contributed by atoms with Crippen LogP contribution in [0.2, 0.25) is 0 Å². The van der Waals surface area contributed by atoms with Gasteiger partial charge in [-0.1, -0.05) is 18.9 Å². The van der Waals surface area contributed by atoms with Crippen molar-refractivity contribution >= 4 is 21.8 Å². The van der Waals surface area contributed by atoms with Crippen molar-refractivity contribution in [2.45, 2.75) is 37.8 Å². The molecule has 1 aromatic carbocycles. The fraction of sp³-hybridized carbons (Fsp3) is 0.533. The molecule has 3 nitrogen and oxygen atoms in total. The molecule has 5 heteroatoms. The molecular formula is C15H17BrFNO2. The molecule has 1 heterocycles. The molecule has 2 fully saturated rings. The summed E-state index contributed by atoms with van der Waals surface area (Å²) in [4.78, 5) is 14.5. The number of fused-ring (bicyclic) bond motifs is 1. The monoisotopic (exact) mass is 341 g/mol. The van der Waals surface area contributed by atoms with E-state index in [0.29, 0.717) is 17.6 Å². The Kier molecular flexibility index (Phi) is 4.08. The van der Waals surface area contributed by atoms with Gasteiger partial charge in [0, 0.05) is 11.0 Å². The molecule has 2 unspecified atom stereocenters. The largest absolute Gasteiger partial charge is 0.374 e. The summed E-state index contributed by atoms with van der Waals surface area (Å²) in [6.07, 6.45) is 4.31. The van der Waals surface area contributed by atoms with Crippen molar-refractivity contribution in [2.24, 2.45) is 0 Å². The third-order valence-corrected chi connectivity index (χ3v) is 4.83. The Balaban J connectivity index is 1.89. The van der Waals surface area contributed by atoms with Crippen LogP contribution in [-0.2, 0) is 4.74 Å². The number of benzene rings is 1. The van der Waals surface area contributed by atoms with E-state index in [9.17, 15) is 9.18 Å². The summed E-state index contributed by atoms with van der Waals surface area (Å²) in [5, 5.41) is 0. The molecule has 0 spiro atoms. The quantitative estimate of drug-likeness (QED) is 0.783. The van der Waals surface area contributed by atoms with Gasteiger partial charge >= 0.3 is 0 Å². The van der Waals surface area contributed by atoms with E-state index in [1.807, 2.05) is 0 Å². The van der Waals surface area contributed by atoms with E-state index >= 15 is 0 Å². The van der Waals surface area contributed by atoms with Gasteiger partial charge in [-0.15, -0.1) is 0 Å². The van der Waals surface area contributed by atoms with Crippen molar-refractivity contribution in [2.75, 3.05) is 13.2 Å². The van der Waals surface area contributed by atoms with Crippen LogP contribution in [-0.4, -0.2) is 36.1 Å². The summed E-state index contributed by atoms with van der Waals surface area (Å²) >= 11 is 3.28. The van der Waals surface area contributed by atoms with Crippen molar-refractivity contribution in [3.8, 4) is 0 Å². The van der Waals surface area contributed by atoms with Crippen LogP contribution in [0.1, 0.15) is 36.0 Å². The number of hydrogen-bond donors (Lipinski definition) is 0. The molecule has 0 radical (unpaired) electrons. The van der Waals surface area contributed by atoms with Crippen molar-refractivity contribution in [1.29, 1.82) is 0 Å². The molecule has 2 aliphatic rings. The normalized spacial score (nSPS) is 26.2. The molecule has 0 aromatic heterocycles. The lowest BCUT2D eigenvalue weighted by Gasteiger charge is -2.43. The average Bonchev–Trinajstić information content (AvgIpc) is 2.46. The van der Waals surface area contributed by atoms with Crippen LogP contribution in [0.25, 0.3) is 0 Å². The Bertz CT molecular complexity index is 500. The van der Waals surface area contributed by atoms with Gasteiger partial charge in [-0.3, -0.25) is 4.79 Å². The lowest BCUT2D eigenvalue weighted by molar-refractivity contribution is -0.0754. The molecule has 1 saturated heterocycles. The summed E-state index contributed by atoms with van der Waals surface area (Å²) < 4.78 is 20.2. The van der Waals surface area contributed by atoms with Crippen molar-refractivity contribution < 1.29 is 13.9 Å². The van der Waals surface area contributed by atoms with E-state index in [1.54, 1.807) is 17.0 Å². The third kappa shape index (κ3) is 2.49. The summed E-state index contributed by atoms with van der Waals surface area (Å²) in [6.45, 7) is 1.08. The van der Waals surface area contributed by atoms with E-state index in [1.165, 1.54) is 6.07 Å². The van der Waals surface area contributed by atoms with Crippen LogP contribution in [0.4, 0.5) is 4.39 Å². The van der Waals surface area contributed by atoms with Gasteiger partial charge in [-0.25, -0.2) is 4.39 Å². The Morgan fingerprint density at radius 3 is 2.95 bits per heavy atom. The van der Waals surface area contributed by atoms with E-state index in [2.05, 4.69) is 15.9 Å². The zero-order valence-electron chi connectivity index (χ0n) is 11.1. The molecule has 1 aromatic rings. The number of morpholine rings is 1. The van der Waals surface area contributed by atoms with Gasteiger partial charge in [0.05, 0.1) is 24.3 Å². The average molecular weight is 342 g/mol. The number of nitrogens with zero attached hydrogens (tertiary/aromatic N) is 1. The number of amides is 1. The second kappa shape index (κ2) is 5.82. The first-order chi connectivity index (χ1) is 9.68. The maximum Gasteiger partial charge on any atom is 0.258 e. The van der Waals surface area contributed by atoms with E-state index in [4.69, 9.17) is 4.74 Å². The van der Waals surface area contributed by atoms with Crippen LogP contribution in [0.5, 0.6) is 0 Å². The van der Waals surface area contributed by atoms with Crippen molar-refractivity contribution in [3.63, 3.8) is 0 Å². The topological polar surface area (TPSA) is 29.5 Å². The molecule has 1 aliphatic carbocycles. The standard InChI is InChI=1S/C15H17BrFNO2/c16-10-4-3-5-11(17)14(10)15(19)18-8-9-20-13-7-2-1-6-12(13)18/h3-5,12-13H,1-2,6-9H2. The molecule has 1 saturated carbocycles. The van der Waals surface area contributed by atoms with Gasteiger partial charge in [0.25, 0.3) is 5.91 Å². The second-order valence-corrected chi connectivity index (χ2v) is 6.21. The van der Waals surface area contributed by atoms with Gasteiger partial charge in [0.2, 0.25) is 0 Å². The number of carbonyl (C=O) groups is 1. The minimum Gasteiger partial charge on any atom is -0.374 e. The molecule has 20 heavy (non-hydrogen) atoms. The number of ether oxygens (including phenoxy) is 1. The lowest BCUT2D eigenvalue weighted by atomic mass is 9.89. The zero-order chi connectivity index (χ0) is 14.1. The first kappa shape index (κ1) is 14.0. The molecule has 1 amide bonds. The Morgan fingerprint density at radius 1 is 1.35 bits per heavy atom. The predicted octanol–water partition coefficient (Wildman–Crippen LogP) is 3.37. The van der Waals surface area contributed by atoms with Gasteiger partial charge < -0.3 is 9.64 Å². The highest BCUT2D eigenvalue weighted by molar-refractivity contribution is 9.10. The molecular weight excluding hydrogens is 325 g/mol. The highest BCUT2D eigenvalue weighted by Gasteiger charge is 2.38. The maximum absolute atomic E-state index is 14.0. The fourth-order valence-electron chi connectivity index (χ4n) is 3.19. The molecule has 3 rings (SSSR count). The second-order valence-electron chi connectivity index (χ2n) is 5.36. The molecule has 2 atom stereocenters. The van der Waals surface area contributed by atoms with Crippen molar-refractivity contribution in [1.82, 2.24) is 4.90 Å². The van der Waals surface area contributed by atoms with Gasteiger partial charge in [-0.05, 0) is 40.9 Å². The van der Waals surface area contributed by atoms with Gasteiger partial charge in [0.15, 0.2) is 0 Å². The van der Waals surface area contributed by atoms with Crippen LogP contribution < -0.4 is 0 Å². The molecule has 1 aliphatic heterocycles. The third-order valence-electron chi connectivity index (χ3n) is 4.17. The molecule has 0 bridgehead atoms. The van der Waals surface area contributed by atoms with Gasteiger partial charge in [0.1, 0.15) is 5.82 Å². The Morgan fingerprint density at radius 2 is 2.15 bits per heavy atom. The summed E-state index contributed by atoms with van der Waals surface area (Å²) in [5.41, 5.74) is 0.138. The highest BCUT2D eigenvalue weighted by Crippen LogP contribution is 2.31. The number of carbonyl (C=O) groups excluding carboxylic acids is 1. The number of rotatable bonds is 1. The summed E-state index contributed by atoms with van der Waals surface area (Å²) in [7, 11) is 0. The predicted molar refractivity (Wildman–Crippen MR) is 77.1 cm³/mol. The SMILES string of the molecule is O=C(c1c(F)cccc1Br)N1CCOC2CCCCC21. The smallest absolute Gasteiger partial charge is 0.258 e. The van der Waals surface area contributed by atoms with E-state index < -0.39 is 5.82 Å². The molecule has 108 valence electrons. The zero-order valence-corrected chi connectivity index (χ0v) is 12.7. The number of halogens is 2. The maximum atomic E-state index is 14.0. The first-order valence-electron chi connectivity index (χ1n) is 7.05. The van der Waals surface area contributed by atoms with Crippen LogP contribution in [0.3, 0.4) is 0 Å². The number of hydrogen-bond acceptors (Lipinski definition) is 2.